The van der Waals surface area contributed by atoms with Crippen molar-refractivity contribution in [3.63, 3.8) is 0 Å². The van der Waals surface area contributed by atoms with Crippen molar-refractivity contribution in [3.8, 4) is 5.69 Å². The van der Waals surface area contributed by atoms with Crippen LogP contribution in [-0.4, -0.2) is 60.3 Å². The van der Waals surface area contributed by atoms with Crippen LogP contribution in [0.1, 0.15) is 36.1 Å². The fourth-order valence-electron chi connectivity index (χ4n) is 4.03. The van der Waals surface area contributed by atoms with Crippen LogP contribution in [0.3, 0.4) is 0 Å². The molecule has 2 heterocycles. The van der Waals surface area contributed by atoms with Crippen LogP contribution in [0, 0.1) is 0 Å². The van der Waals surface area contributed by atoms with Gasteiger partial charge in [-0.1, -0.05) is 19.1 Å². The molecular formula is C23H27N4O3-. The topological polar surface area (TPSA) is 73.7 Å². The van der Waals surface area contributed by atoms with E-state index < -0.39 is 5.97 Å². The molecule has 7 nitrogen and oxygen atoms in total. The van der Waals surface area contributed by atoms with Gasteiger partial charge in [0.15, 0.2) is 0 Å². The van der Waals surface area contributed by atoms with Crippen molar-refractivity contribution >= 4 is 22.7 Å². The van der Waals surface area contributed by atoms with Crippen LogP contribution in [0.5, 0.6) is 0 Å². The Morgan fingerprint density at radius 1 is 1.13 bits per heavy atom. The molecule has 0 saturated carbocycles. The first-order valence-corrected chi connectivity index (χ1v) is 10.4. The van der Waals surface area contributed by atoms with Crippen LogP contribution < -0.4 is 10.0 Å². The van der Waals surface area contributed by atoms with E-state index in [0.717, 1.165) is 49.8 Å². The van der Waals surface area contributed by atoms with Gasteiger partial charge in [0.05, 0.1) is 17.0 Å². The number of carbonyl (C=O) groups excluding carboxylic acids is 1. The number of hydrogen-bond acceptors (Lipinski definition) is 6. The largest absolute Gasteiger partial charge is 0.545 e. The van der Waals surface area contributed by atoms with Crippen LogP contribution in [-0.2, 0) is 4.74 Å². The summed E-state index contributed by atoms with van der Waals surface area (Å²) in [5.74, 6) is -0.475. The highest BCUT2D eigenvalue weighted by molar-refractivity contribution is 5.91. The lowest BCUT2D eigenvalue weighted by Gasteiger charge is -2.35. The number of fused-ring (bicyclic) bond motifs is 1. The van der Waals surface area contributed by atoms with Crippen molar-refractivity contribution in [2.24, 2.45) is 0 Å². The van der Waals surface area contributed by atoms with E-state index in [1.54, 1.807) is 25.3 Å². The van der Waals surface area contributed by atoms with Gasteiger partial charge in [0.1, 0.15) is 11.9 Å². The first-order chi connectivity index (χ1) is 14.5. The summed E-state index contributed by atoms with van der Waals surface area (Å²) >= 11 is 0. The normalized spacial score (nSPS) is 16.2. The fourth-order valence-corrected chi connectivity index (χ4v) is 4.03. The Bertz CT molecular complexity index is 1050. The molecule has 0 amide bonds. The minimum absolute atomic E-state index is 0.117. The molecule has 4 rings (SSSR count). The minimum Gasteiger partial charge on any atom is -0.545 e. The van der Waals surface area contributed by atoms with Gasteiger partial charge in [-0.15, -0.1) is 0 Å². The number of aromatic carboxylic acids is 1. The van der Waals surface area contributed by atoms with Crippen molar-refractivity contribution in [1.29, 1.82) is 0 Å². The van der Waals surface area contributed by atoms with E-state index in [1.807, 2.05) is 17.6 Å². The number of likely N-dealkylation sites (N-methyl/N-ethyl adjacent to an activating group) is 1. The number of carbonyl (C=O) groups is 1. The van der Waals surface area contributed by atoms with Gasteiger partial charge in [0.25, 0.3) is 0 Å². The summed E-state index contributed by atoms with van der Waals surface area (Å²) in [5, 5.41) is 11.3. The molecule has 1 unspecified atom stereocenters. The Hall–Kier alpha value is -2.90. The average Bonchev–Trinajstić information content (AvgIpc) is 3.17. The molecule has 2 aromatic carbocycles. The van der Waals surface area contributed by atoms with Gasteiger partial charge in [-0.25, -0.2) is 4.98 Å². The first kappa shape index (κ1) is 20.4. The second-order valence-corrected chi connectivity index (χ2v) is 7.62. The van der Waals surface area contributed by atoms with Crippen LogP contribution in [0.2, 0.25) is 0 Å². The number of carboxylic acid groups (broad SMARTS) is 1. The standard InChI is InChI=1S/C23H28N4O3/c1-4-25-10-12-26(13-11-25)18-6-5-7-19(15-18)27-21-9-8-17(23(28)29)14-20(21)24-22(27)16(2)30-3/h5-9,14-16H,4,10-13H2,1-3H3,(H,28,29)/p-1. The monoisotopic (exact) mass is 407 g/mol. The summed E-state index contributed by atoms with van der Waals surface area (Å²) in [4.78, 5) is 20.8. The van der Waals surface area contributed by atoms with Gasteiger partial charge >= 0.3 is 0 Å². The number of carboxylic acids is 1. The molecule has 0 radical (unpaired) electrons. The first-order valence-electron chi connectivity index (χ1n) is 10.4. The molecule has 1 aliphatic heterocycles. The molecule has 7 heteroatoms. The second kappa shape index (κ2) is 8.45. The van der Waals surface area contributed by atoms with Crippen molar-refractivity contribution in [2.45, 2.75) is 20.0 Å². The highest BCUT2D eigenvalue weighted by Crippen LogP contribution is 2.29. The number of nitrogens with zero attached hydrogens (tertiary/aromatic N) is 4. The Morgan fingerprint density at radius 2 is 1.87 bits per heavy atom. The van der Waals surface area contributed by atoms with Crippen molar-refractivity contribution in [1.82, 2.24) is 14.5 Å². The Morgan fingerprint density at radius 3 is 2.53 bits per heavy atom. The Balaban J connectivity index is 1.77. The highest BCUT2D eigenvalue weighted by Gasteiger charge is 2.20. The number of ether oxygens (including phenoxy) is 1. The molecule has 1 fully saturated rings. The SMILES string of the molecule is CCN1CCN(c2cccc(-n3c(C(C)OC)nc4cc(C(=O)[O-])ccc43)c2)CC1. The Labute approximate surface area is 176 Å². The number of hydrogen-bond donors (Lipinski definition) is 0. The number of imidazole rings is 1. The van der Waals surface area contributed by atoms with E-state index in [1.165, 1.54) is 5.69 Å². The van der Waals surface area contributed by atoms with Gasteiger partial charge in [0.2, 0.25) is 0 Å². The number of benzene rings is 2. The summed E-state index contributed by atoms with van der Waals surface area (Å²) < 4.78 is 7.60. The van der Waals surface area contributed by atoms with Gasteiger partial charge in [-0.2, -0.15) is 0 Å². The smallest absolute Gasteiger partial charge is 0.143 e. The third-order valence-electron chi connectivity index (χ3n) is 5.91. The third kappa shape index (κ3) is 3.78. The molecule has 1 aromatic heterocycles. The molecule has 1 aliphatic rings. The van der Waals surface area contributed by atoms with Gasteiger partial charge in [-0.3, -0.25) is 4.57 Å². The van der Waals surface area contributed by atoms with Gasteiger partial charge in [0, 0.05) is 44.7 Å². The molecule has 0 spiro atoms. The predicted octanol–water partition coefficient (Wildman–Crippen LogP) is 2.24. The zero-order valence-electron chi connectivity index (χ0n) is 17.7. The van der Waals surface area contributed by atoms with Crippen molar-refractivity contribution < 1.29 is 14.6 Å². The zero-order chi connectivity index (χ0) is 21.3. The summed E-state index contributed by atoms with van der Waals surface area (Å²) in [5.41, 5.74) is 3.72. The summed E-state index contributed by atoms with van der Waals surface area (Å²) in [6.45, 7) is 9.34. The highest BCUT2D eigenvalue weighted by atomic mass is 16.5. The molecule has 30 heavy (non-hydrogen) atoms. The van der Waals surface area contributed by atoms with E-state index in [4.69, 9.17) is 9.72 Å². The molecule has 158 valence electrons. The van der Waals surface area contributed by atoms with Crippen molar-refractivity contribution in [3.05, 3.63) is 53.9 Å². The van der Waals surface area contributed by atoms with Crippen LogP contribution >= 0.6 is 0 Å². The maximum Gasteiger partial charge on any atom is 0.143 e. The van der Waals surface area contributed by atoms with Crippen molar-refractivity contribution in [2.75, 3.05) is 44.7 Å². The van der Waals surface area contributed by atoms with Crippen LogP contribution in [0.4, 0.5) is 5.69 Å². The number of anilines is 1. The van der Waals surface area contributed by atoms with E-state index >= 15 is 0 Å². The second-order valence-electron chi connectivity index (χ2n) is 7.62. The lowest BCUT2D eigenvalue weighted by molar-refractivity contribution is -0.255. The lowest BCUT2D eigenvalue weighted by Crippen LogP contribution is -2.46. The molecule has 1 saturated heterocycles. The Kier molecular flexibility index (Phi) is 5.74. The minimum atomic E-state index is -1.21. The number of methoxy groups -OCH3 is 1. The van der Waals surface area contributed by atoms with E-state index in [-0.39, 0.29) is 11.7 Å². The molecular weight excluding hydrogens is 380 g/mol. The molecule has 0 N–H and O–H groups in total. The fraction of sp³-hybridized carbons (Fsp3) is 0.391. The van der Waals surface area contributed by atoms with Gasteiger partial charge in [-0.05, 0) is 49.4 Å². The number of piperazine rings is 1. The zero-order valence-corrected chi connectivity index (χ0v) is 17.7. The number of aromatic nitrogens is 2. The molecule has 3 aromatic rings. The lowest BCUT2D eigenvalue weighted by atomic mass is 10.2. The summed E-state index contributed by atoms with van der Waals surface area (Å²) in [6, 6.07) is 13.3. The van der Waals surface area contributed by atoms with E-state index in [9.17, 15) is 9.90 Å². The number of rotatable bonds is 6. The molecule has 1 atom stereocenters. The quantitative estimate of drug-likeness (QED) is 0.624. The van der Waals surface area contributed by atoms with E-state index in [0.29, 0.717) is 5.52 Å². The van der Waals surface area contributed by atoms with Crippen LogP contribution in [0.25, 0.3) is 16.7 Å². The van der Waals surface area contributed by atoms with Crippen LogP contribution in [0.15, 0.2) is 42.5 Å². The maximum absolute atomic E-state index is 11.3. The maximum atomic E-state index is 11.3. The molecule has 0 bridgehead atoms. The average molecular weight is 407 g/mol. The van der Waals surface area contributed by atoms with E-state index in [2.05, 4.69) is 34.9 Å². The summed E-state index contributed by atoms with van der Waals surface area (Å²) in [6.07, 6.45) is -0.249. The molecule has 0 aliphatic carbocycles. The summed E-state index contributed by atoms with van der Waals surface area (Å²) in [7, 11) is 1.64. The van der Waals surface area contributed by atoms with Gasteiger partial charge < -0.3 is 24.4 Å². The predicted molar refractivity (Wildman–Crippen MR) is 115 cm³/mol. The third-order valence-corrected chi connectivity index (χ3v) is 5.91.